The molecule has 3 atom stereocenters. The SMILES string of the molecule is Cc1cc(C)c(C2Nc3ccc(S(=O)(=O)N4CCCCC4)cc3C3C=CCC32)c(C)c1. The first kappa shape index (κ1) is 20.8. The number of anilines is 1. The predicted molar refractivity (Wildman–Crippen MR) is 126 cm³/mol. The molecule has 3 aliphatic rings. The van der Waals surface area contributed by atoms with Gasteiger partial charge in [-0.1, -0.05) is 36.3 Å². The van der Waals surface area contributed by atoms with Crippen LogP contribution in [-0.2, 0) is 10.0 Å². The van der Waals surface area contributed by atoms with E-state index in [0.717, 1.165) is 36.9 Å². The minimum Gasteiger partial charge on any atom is -0.378 e. The van der Waals surface area contributed by atoms with Gasteiger partial charge in [0.1, 0.15) is 0 Å². The van der Waals surface area contributed by atoms with Crippen LogP contribution in [0.2, 0.25) is 0 Å². The van der Waals surface area contributed by atoms with Gasteiger partial charge in [-0.05, 0) is 86.4 Å². The van der Waals surface area contributed by atoms with E-state index in [2.05, 4.69) is 50.4 Å². The van der Waals surface area contributed by atoms with Crippen molar-refractivity contribution in [2.45, 2.75) is 63.3 Å². The second-order valence-corrected chi connectivity index (χ2v) is 11.4. The van der Waals surface area contributed by atoms with E-state index in [1.165, 1.54) is 22.3 Å². The van der Waals surface area contributed by atoms with E-state index in [1.54, 1.807) is 10.4 Å². The Morgan fingerprint density at radius 3 is 2.39 bits per heavy atom. The van der Waals surface area contributed by atoms with Crippen LogP contribution < -0.4 is 5.32 Å². The fourth-order valence-electron chi connectivity index (χ4n) is 5.95. The molecule has 5 rings (SSSR count). The van der Waals surface area contributed by atoms with Gasteiger partial charge in [-0.3, -0.25) is 0 Å². The average Bonchev–Trinajstić information content (AvgIpc) is 3.24. The van der Waals surface area contributed by atoms with Crippen LogP contribution in [-0.4, -0.2) is 25.8 Å². The van der Waals surface area contributed by atoms with Crippen LogP contribution >= 0.6 is 0 Å². The lowest BCUT2D eigenvalue weighted by Crippen LogP contribution is -2.36. The van der Waals surface area contributed by atoms with Gasteiger partial charge in [-0.2, -0.15) is 4.31 Å². The second kappa shape index (κ2) is 7.79. The minimum atomic E-state index is -3.43. The number of fused-ring (bicyclic) bond motifs is 3. The van der Waals surface area contributed by atoms with Crippen LogP contribution in [0.25, 0.3) is 0 Å². The normalized spacial score (nSPS) is 25.7. The van der Waals surface area contributed by atoms with E-state index in [1.807, 2.05) is 12.1 Å². The van der Waals surface area contributed by atoms with Crippen LogP contribution in [0.5, 0.6) is 0 Å². The van der Waals surface area contributed by atoms with Crippen molar-refractivity contribution in [3.8, 4) is 0 Å². The molecule has 3 unspecified atom stereocenters. The van der Waals surface area contributed by atoms with E-state index < -0.39 is 10.0 Å². The summed E-state index contributed by atoms with van der Waals surface area (Å²) in [5, 5.41) is 3.80. The standard InChI is InChI=1S/C26H32N2O2S/c1-17-14-18(2)25(19(3)15-17)26-22-9-7-8-21(22)23-16-20(10-11-24(23)27-26)31(29,30)28-12-5-4-6-13-28/h7-8,10-11,14-16,21-22,26-27H,4-6,9,12-13H2,1-3H3. The molecular formula is C26H32N2O2S. The monoisotopic (exact) mass is 436 g/mol. The summed E-state index contributed by atoms with van der Waals surface area (Å²) < 4.78 is 28.2. The third-order valence-corrected chi connectivity index (χ3v) is 9.23. The number of rotatable bonds is 3. The van der Waals surface area contributed by atoms with Crippen molar-refractivity contribution in [1.29, 1.82) is 0 Å². The molecular weight excluding hydrogens is 404 g/mol. The molecule has 0 amide bonds. The molecule has 2 aromatic carbocycles. The van der Waals surface area contributed by atoms with Gasteiger partial charge in [0.25, 0.3) is 0 Å². The quantitative estimate of drug-likeness (QED) is 0.636. The maximum absolute atomic E-state index is 13.3. The first-order valence-electron chi connectivity index (χ1n) is 11.5. The Kier molecular flexibility index (Phi) is 5.22. The number of hydrogen-bond acceptors (Lipinski definition) is 3. The molecule has 0 spiro atoms. The van der Waals surface area contributed by atoms with E-state index >= 15 is 0 Å². The Morgan fingerprint density at radius 2 is 1.68 bits per heavy atom. The summed E-state index contributed by atoms with van der Waals surface area (Å²) in [5.41, 5.74) is 7.52. The maximum atomic E-state index is 13.3. The minimum absolute atomic E-state index is 0.234. The van der Waals surface area contributed by atoms with E-state index in [9.17, 15) is 8.42 Å². The number of nitrogens with one attached hydrogen (secondary N) is 1. The van der Waals surface area contributed by atoms with Gasteiger partial charge in [0.2, 0.25) is 10.0 Å². The fraction of sp³-hybridized carbons (Fsp3) is 0.462. The van der Waals surface area contributed by atoms with Gasteiger partial charge in [-0.25, -0.2) is 8.42 Å². The van der Waals surface area contributed by atoms with Gasteiger partial charge in [-0.15, -0.1) is 0 Å². The molecule has 5 heteroatoms. The zero-order valence-electron chi connectivity index (χ0n) is 18.7. The van der Waals surface area contributed by atoms with Gasteiger partial charge < -0.3 is 5.32 Å². The highest BCUT2D eigenvalue weighted by molar-refractivity contribution is 7.89. The van der Waals surface area contributed by atoms with Crippen LogP contribution in [0.15, 0.2) is 47.4 Å². The van der Waals surface area contributed by atoms with Gasteiger partial charge in [0, 0.05) is 24.7 Å². The molecule has 4 nitrogen and oxygen atoms in total. The summed E-state index contributed by atoms with van der Waals surface area (Å²) >= 11 is 0. The van der Waals surface area contributed by atoms with Gasteiger partial charge in [0.15, 0.2) is 0 Å². The summed E-state index contributed by atoms with van der Waals surface area (Å²) in [4.78, 5) is 0.440. The zero-order valence-corrected chi connectivity index (χ0v) is 19.5. The molecule has 164 valence electrons. The Balaban J connectivity index is 1.54. The largest absolute Gasteiger partial charge is 0.378 e. The van der Waals surface area contributed by atoms with Crippen molar-refractivity contribution < 1.29 is 8.42 Å². The summed E-state index contributed by atoms with van der Waals surface area (Å²) in [5.74, 6) is 0.651. The third kappa shape index (κ3) is 3.52. The van der Waals surface area contributed by atoms with E-state index in [-0.39, 0.29) is 12.0 Å². The van der Waals surface area contributed by atoms with Crippen molar-refractivity contribution in [2.75, 3.05) is 18.4 Å². The number of hydrogen-bond donors (Lipinski definition) is 1. The lowest BCUT2D eigenvalue weighted by Gasteiger charge is -2.39. The number of allylic oxidation sites excluding steroid dienone is 2. The van der Waals surface area contributed by atoms with E-state index in [4.69, 9.17) is 0 Å². The smallest absolute Gasteiger partial charge is 0.243 e. The molecule has 2 aliphatic heterocycles. The zero-order chi connectivity index (χ0) is 21.8. The highest BCUT2D eigenvalue weighted by atomic mass is 32.2. The Hall–Kier alpha value is -2.11. The summed E-state index contributed by atoms with van der Waals surface area (Å²) in [7, 11) is -3.43. The lowest BCUT2D eigenvalue weighted by molar-refractivity contribution is 0.346. The number of piperidine rings is 1. The number of aryl methyl sites for hydroxylation is 3. The Morgan fingerprint density at radius 1 is 0.968 bits per heavy atom. The summed E-state index contributed by atoms with van der Waals surface area (Å²) in [6, 6.07) is 10.5. The third-order valence-electron chi connectivity index (χ3n) is 7.34. The molecule has 1 N–H and O–H groups in total. The van der Waals surface area contributed by atoms with Gasteiger partial charge in [0.05, 0.1) is 10.9 Å². The molecule has 31 heavy (non-hydrogen) atoms. The molecule has 1 saturated heterocycles. The van der Waals surface area contributed by atoms with Gasteiger partial charge >= 0.3 is 0 Å². The predicted octanol–water partition coefficient (Wildman–Crippen LogP) is 5.61. The van der Waals surface area contributed by atoms with Crippen molar-refractivity contribution in [3.05, 3.63) is 70.3 Å². The van der Waals surface area contributed by atoms with Crippen molar-refractivity contribution in [1.82, 2.24) is 4.31 Å². The average molecular weight is 437 g/mol. The molecule has 1 aliphatic carbocycles. The summed E-state index contributed by atoms with van der Waals surface area (Å²) in [6.45, 7) is 7.84. The topological polar surface area (TPSA) is 49.4 Å². The molecule has 0 saturated carbocycles. The van der Waals surface area contributed by atoms with Crippen LogP contribution in [0.3, 0.4) is 0 Å². The Labute approximate surface area is 186 Å². The highest BCUT2D eigenvalue weighted by Gasteiger charge is 2.40. The van der Waals surface area contributed by atoms with Crippen LogP contribution in [0.4, 0.5) is 5.69 Å². The van der Waals surface area contributed by atoms with Crippen molar-refractivity contribution in [3.63, 3.8) is 0 Å². The number of nitrogens with zero attached hydrogens (tertiary/aromatic N) is 1. The lowest BCUT2D eigenvalue weighted by atomic mass is 9.75. The number of sulfonamides is 1. The molecule has 0 radical (unpaired) electrons. The molecule has 2 heterocycles. The first-order valence-corrected chi connectivity index (χ1v) is 13.0. The van der Waals surface area contributed by atoms with Crippen molar-refractivity contribution >= 4 is 15.7 Å². The second-order valence-electron chi connectivity index (χ2n) is 9.50. The van der Waals surface area contributed by atoms with Crippen LogP contribution in [0.1, 0.15) is 65.5 Å². The molecule has 0 aromatic heterocycles. The highest BCUT2D eigenvalue weighted by Crippen LogP contribution is 2.51. The molecule has 2 aromatic rings. The first-order chi connectivity index (χ1) is 14.9. The summed E-state index contributed by atoms with van der Waals surface area (Å²) in [6.07, 6.45) is 8.59. The molecule has 0 bridgehead atoms. The van der Waals surface area contributed by atoms with E-state index in [0.29, 0.717) is 23.9 Å². The number of benzene rings is 2. The van der Waals surface area contributed by atoms with Crippen LogP contribution in [0, 0.1) is 26.7 Å². The Bertz CT molecular complexity index is 1120. The molecule has 1 fully saturated rings. The fourth-order valence-corrected chi connectivity index (χ4v) is 7.51. The maximum Gasteiger partial charge on any atom is 0.243 e. The van der Waals surface area contributed by atoms with Crippen molar-refractivity contribution in [2.24, 2.45) is 5.92 Å².